The molecule has 2 heterocycles. The van der Waals surface area contributed by atoms with E-state index in [-0.39, 0.29) is 27.5 Å². The number of anilines is 2. The second kappa shape index (κ2) is 10.2. The number of aromatic hydroxyl groups is 1. The summed E-state index contributed by atoms with van der Waals surface area (Å²) in [6.45, 7) is 0.286. The Hall–Kier alpha value is -3.41. The van der Waals surface area contributed by atoms with Crippen LogP contribution in [0.3, 0.4) is 0 Å². The molecule has 0 amide bonds. The standard InChI is InChI=1S/C25H22ClFN4O4S2/c1-35-20-4-2-3-16(23(20)32)12-28-17-8-10-21(29-13-17)37(33,34)31-25-30-22(24(36-25)14-5-6-14)15-7-9-19(27)18(26)11-15/h2-4,7-11,13-14,28,32H,5-6,12H2,1H3,(H,30,31). The number of halogens is 2. The van der Waals surface area contributed by atoms with Gasteiger partial charge in [-0.15, -0.1) is 11.3 Å². The molecule has 1 fully saturated rings. The number of rotatable bonds is 9. The van der Waals surface area contributed by atoms with E-state index >= 15 is 0 Å². The molecule has 3 N–H and O–H groups in total. The molecule has 1 aliphatic rings. The minimum absolute atomic E-state index is 0.0195. The van der Waals surface area contributed by atoms with Crippen LogP contribution in [0.15, 0.2) is 59.8 Å². The van der Waals surface area contributed by atoms with E-state index in [2.05, 4.69) is 20.0 Å². The minimum atomic E-state index is -4.00. The van der Waals surface area contributed by atoms with Crippen LogP contribution in [-0.4, -0.2) is 30.6 Å². The van der Waals surface area contributed by atoms with Gasteiger partial charge in [-0.05, 0) is 55.2 Å². The van der Waals surface area contributed by atoms with Crippen LogP contribution in [0.1, 0.15) is 29.2 Å². The summed E-state index contributed by atoms with van der Waals surface area (Å²) in [5.74, 6) is 0.161. The average molecular weight is 561 g/mol. The van der Waals surface area contributed by atoms with Crippen molar-refractivity contribution in [2.45, 2.75) is 30.3 Å². The Morgan fingerprint density at radius 2 is 2.03 bits per heavy atom. The quantitative estimate of drug-likeness (QED) is 0.230. The molecule has 5 rings (SSSR count). The van der Waals surface area contributed by atoms with Crippen LogP contribution in [0.25, 0.3) is 11.3 Å². The Bertz CT molecular complexity index is 1560. The molecule has 0 unspecified atom stereocenters. The summed E-state index contributed by atoms with van der Waals surface area (Å²) in [5, 5.41) is 13.3. The van der Waals surface area contributed by atoms with E-state index in [0.29, 0.717) is 34.2 Å². The Morgan fingerprint density at radius 1 is 1.22 bits per heavy atom. The van der Waals surface area contributed by atoms with Crippen molar-refractivity contribution in [3.63, 3.8) is 0 Å². The highest BCUT2D eigenvalue weighted by Crippen LogP contribution is 2.48. The molecule has 0 bridgehead atoms. The topological polar surface area (TPSA) is 113 Å². The summed E-state index contributed by atoms with van der Waals surface area (Å²) in [6.07, 6.45) is 3.37. The number of para-hydroxylation sites is 1. The van der Waals surface area contributed by atoms with Gasteiger partial charge in [0, 0.05) is 22.5 Å². The Morgan fingerprint density at radius 3 is 2.70 bits per heavy atom. The van der Waals surface area contributed by atoms with E-state index in [9.17, 15) is 17.9 Å². The van der Waals surface area contributed by atoms with Gasteiger partial charge in [0.2, 0.25) is 0 Å². The zero-order valence-corrected chi connectivity index (χ0v) is 21.9. The molecule has 37 heavy (non-hydrogen) atoms. The molecule has 1 aliphatic carbocycles. The third-order valence-electron chi connectivity index (χ3n) is 5.81. The first-order chi connectivity index (χ1) is 17.7. The molecule has 0 spiro atoms. The number of hydrogen-bond donors (Lipinski definition) is 3. The highest BCUT2D eigenvalue weighted by atomic mass is 35.5. The summed E-state index contributed by atoms with van der Waals surface area (Å²) >= 11 is 7.21. The smallest absolute Gasteiger partial charge is 0.281 e. The van der Waals surface area contributed by atoms with Crippen molar-refractivity contribution >= 4 is 43.8 Å². The number of phenolic OH excluding ortho intramolecular Hbond substituents is 1. The van der Waals surface area contributed by atoms with Crippen molar-refractivity contribution in [2.24, 2.45) is 0 Å². The molecule has 0 aliphatic heterocycles. The van der Waals surface area contributed by atoms with Gasteiger partial charge in [0.15, 0.2) is 21.7 Å². The maximum Gasteiger partial charge on any atom is 0.281 e. The second-order valence-corrected chi connectivity index (χ2v) is 11.5. The number of phenols is 1. The Labute approximate surface area is 222 Å². The number of benzene rings is 2. The molecule has 0 atom stereocenters. The van der Waals surface area contributed by atoms with E-state index in [4.69, 9.17) is 16.3 Å². The molecule has 4 aromatic rings. The molecule has 2 aromatic heterocycles. The third kappa shape index (κ3) is 5.48. The van der Waals surface area contributed by atoms with Crippen molar-refractivity contribution < 1.29 is 22.7 Å². The number of nitrogens with zero attached hydrogens (tertiary/aromatic N) is 2. The van der Waals surface area contributed by atoms with E-state index < -0.39 is 15.8 Å². The van der Waals surface area contributed by atoms with Gasteiger partial charge in [0.05, 0.1) is 29.7 Å². The molecule has 1 saturated carbocycles. The number of thiazole rings is 1. The summed E-state index contributed by atoms with van der Waals surface area (Å²) in [4.78, 5) is 9.53. The van der Waals surface area contributed by atoms with E-state index in [1.165, 1.54) is 42.8 Å². The highest BCUT2D eigenvalue weighted by molar-refractivity contribution is 7.92. The number of sulfonamides is 1. The van der Waals surface area contributed by atoms with Crippen molar-refractivity contribution in [1.29, 1.82) is 0 Å². The maximum absolute atomic E-state index is 13.6. The molecule has 12 heteroatoms. The lowest BCUT2D eigenvalue weighted by atomic mass is 10.1. The molecule has 2 aromatic carbocycles. The second-order valence-electron chi connectivity index (χ2n) is 8.45. The lowest BCUT2D eigenvalue weighted by Gasteiger charge is -2.11. The predicted molar refractivity (Wildman–Crippen MR) is 142 cm³/mol. The van der Waals surface area contributed by atoms with Gasteiger partial charge in [0.25, 0.3) is 10.0 Å². The number of methoxy groups -OCH3 is 1. The van der Waals surface area contributed by atoms with Crippen LogP contribution in [-0.2, 0) is 16.6 Å². The number of aromatic nitrogens is 2. The lowest BCUT2D eigenvalue weighted by Crippen LogP contribution is -2.14. The van der Waals surface area contributed by atoms with Gasteiger partial charge >= 0.3 is 0 Å². The fraction of sp³-hybridized carbons (Fsp3) is 0.200. The first kappa shape index (κ1) is 25.2. The monoisotopic (exact) mass is 560 g/mol. The maximum atomic E-state index is 13.6. The van der Waals surface area contributed by atoms with Crippen molar-refractivity contribution in [1.82, 2.24) is 9.97 Å². The number of ether oxygens (including phenoxy) is 1. The molecular weight excluding hydrogens is 539 g/mol. The largest absolute Gasteiger partial charge is 0.504 e. The fourth-order valence-electron chi connectivity index (χ4n) is 3.73. The number of pyridine rings is 1. The number of nitrogens with one attached hydrogen (secondary N) is 2. The normalized spacial score (nSPS) is 13.4. The first-order valence-corrected chi connectivity index (χ1v) is 14.0. The van der Waals surface area contributed by atoms with Crippen LogP contribution < -0.4 is 14.8 Å². The zero-order valence-electron chi connectivity index (χ0n) is 19.5. The van der Waals surface area contributed by atoms with Gasteiger partial charge < -0.3 is 15.2 Å². The Balaban J connectivity index is 1.32. The van der Waals surface area contributed by atoms with Gasteiger partial charge in [-0.1, -0.05) is 23.7 Å². The summed E-state index contributed by atoms with van der Waals surface area (Å²) in [6, 6.07) is 12.5. The molecule has 0 radical (unpaired) electrons. The molecule has 8 nitrogen and oxygen atoms in total. The van der Waals surface area contributed by atoms with Gasteiger partial charge in [-0.3, -0.25) is 4.72 Å². The fourth-order valence-corrected chi connectivity index (χ4v) is 6.23. The summed E-state index contributed by atoms with van der Waals surface area (Å²) in [5.41, 5.74) is 2.42. The average Bonchev–Trinajstić information content (AvgIpc) is 3.65. The molecular formula is C25H22ClFN4O4S2. The van der Waals surface area contributed by atoms with Gasteiger partial charge in [-0.2, -0.15) is 8.42 Å². The van der Waals surface area contributed by atoms with Gasteiger partial charge in [0.1, 0.15) is 5.82 Å². The van der Waals surface area contributed by atoms with Crippen LogP contribution in [0.5, 0.6) is 11.5 Å². The zero-order chi connectivity index (χ0) is 26.2. The summed E-state index contributed by atoms with van der Waals surface area (Å²) in [7, 11) is -2.53. The van der Waals surface area contributed by atoms with Crippen LogP contribution >= 0.6 is 22.9 Å². The Kier molecular flexibility index (Phi) is 6.93. The van der Waals surface area contributed by atoms with Crippen LogP contribution in [0, 0.1) is 5.82 Å². The van der Waals surface area contributed by atoms with E-state index in [1.54, 1.807) is 30.3 Å². The van der Waals surface area contributed by atoms with Crippen molar-refractivity contribution in [3.05, 3.63) is 76.0 Å². The van der Waals surface area contributed by atoms with E-state index in [0.717, 1.165) is 17.7 Å². The third-order valence-corrected chi connectivity index (χ3v) is 8.62. The van der Waals surface area contributed by atoms with Gasteiger partial charge in [-0.25, -0.2) is 14.4 Å². The molecule has 192 valence electrons. The minimum Gasteiger partial charge on any atom is -0.504 e. The summed E-state index contributed by atoms with van der Waals surface area (Å²) < 4.78 is 47.3. The van der Waals surface area contributed by atoms with Crippen molar-refractivity contribution in [2.75, 3.05) is 17.1 Å². The SMILES string of the molecule is COc1cccc(CNc2ccc(S(=O)(=O)Nc3nc(-c4ccc(F)c(Cl)c4)c(C4CC4)s3)nc2)c1O. The first-order valence-electron chi connectivity index (χ1n) is 11.3. The van der Waals surface area contributed by atoms with E-state index in [1.807, 2.05) is 0 Å². The predicted octanol–water partition coefficient (Wildman–Crippen LogP) is 6.00. The number of hydrogen-bond acceptors (Lipinski definition) is 8. The van der Waals surface area contributed by atoms with Crippen molar-refractivity contribution in [3.8, 4) is 22.8 Å². The highest BCUT2D eigenvalue weighted by Gasteiger charge is 2.31. The lowest BCUT2D eigenvalue weighted by molar-refractivity contribution is 0.371. The molecule has 0 saturated heterocycles. The van der Waals surface area contributed by atoms with Crippen LogP contribution in [0.4, 0.5) is 15.2 Å². The van der Waals surface area contributed by atoms with Crippen LogP contribution in [0.2, 0.25) is 5.02 Å².